The SMILES string of the molecule is O=NC(CNc1ccc2ncoc2c1)c1cc(CF)nc2c(C(F)(F)F)cccc12. The Labute approximate surface area is 166 Å². The number of halogens is 4. The number of anilines is 1. The number of fused-ring (bicyclic) bond motifs is 2. The van der Waals surface area contributed by atoms with Gasteiger partial charge >= 0.3 is 6.18 Å². The number of nitrogens with one attached hydrogen (secondary N) is 1. The molecule has 0 aliphatic carbocycles. The molecule has 0 fully saturated rings. The third kappa shape index (κ3) is 3.68. The van der Waals surface area contributed by atoms with E-state index in [2.05, 4.69) is 20.5 Å². The van der Waals surface area contributed by atoms with Crippen LogP contribution in [0.1, 0.15) is 22.9 Å². The number of nitrogens with zero attached hydrogens (tertiary/aromatic N) is 3. The molecule has 0 saturated carbocycles. The summed E-state index contributed by atoms with van der Waals surface area (Å²) in [5.74, 6) is 0. The fourth-order valence-corrected chi connectivity index (χ4v) is 3.29. The van der Waals surface area contributed by atoms with Crippen LogP contribution in [0.25, 0.3) is 22.0 Å². The van der Waals surface area contributed by atoms with Crippen molar-refractivity contribution in [2.45, 2.75) is 18.9 Å². The van der Waals surface area contributed by atoms with Gasteiger partial charge in [-0.15, -0.1) is 0 Å². The minimum absolute atomic E-state index is 0.0236. The van der Waals surface area contributed by atoms with Crippen LogP contribution < -0.4 is 5.32 Å². The first-order valence-corrected chi connectivity index (χ1v) is 8.86. The maximum atomic E-state index is 13.4. The topological polar surface area (TPSA) is 80.4 Å². The maximum Gasteiger partial charge on any atom is 0.418 e. The molecule has 0 aliphatic heterocycles. The lowest BCUT2D eigenvalue weighted by Crippen LogP contribution is -2.13. The van der Waals surface area contributed by atoms with Crippen molar-refractivity contribution in [2.24, 2.45) is 5.18 Å². The molecule has 0 bridgehead atoms. The van der Waals surface area contributed by atoms with Gasteiger partial charge in [-0.2, -0.15) is 18.1 Å². The van der Waals surface area contributed by atoms with Gasteiger partial charge in [0.1, 0.15) is 18.2 Å². The number of aromatic nitrogens is 2. The number of nitroso groups, excluding NO2 is 1. The van der Waals surface area contributed by atoms with Crippen LogP contribution in [0.15, 0.2) is 58.5 Å². The fraction of sp³-hybridized carbons (Fsp3) is 0.200. The molecule has 10 heteroatoms. The second-order valence-electron chi connectivity index (χ2n) is 6.57. The van der Waals surface area contributed by atoms with Crippen molar-refractivity contribution in [2.75, 3.05) is 11.9 Å². The Balaban J connectivity index is 1.72. The highest BCUT2D eigenvalue weighted by Gasteiger charge is 2.34. The Morgan fingerprint density at radius 2 is 2.00 bits per heavy atom. The average Bonchev–Trinajstić information content (AvgIpc) is 3.20. The van der Waals surface area contributed by atoms with Gasteiger partial charge in [0.25, 0.3) is 0 Å². The van der Waals surface area contributed by atoms with Crippen LogP contribution in [-0.2, 0) is 12.9 Å². The van der Waals surface area contributed by atoms with E-state index in [-0.39, 0.29) is 23.2 Å². The quantitative estimate of drug-likeness (QED) is 0.317. The van der Waals surface area contributed by atoms with E-state index in [1.165, 1.54) is 24.6 Å². The zero-order valence-corrected chi connectivity index (χ0v) is 15.3. The van der Waals surface area contributed by atoms with E-state index in [4.69, 9.17) is 4.42 Å². The highest BCUT2D eigenvalue weighted by Crippen LogP contribution is 2.37. The number of para-hydroxylation sites is 1. The molecule has 30 heavy (non-hydrogen) atoms. The number of oxazole rings is 1. The number of alkyl halides is 4. The number of pyridine rings is 1. The van der Waals surface area contributed by atoms with Gasteiger partial charge in [0.15, 0.2) is 12.0 Å². The molecule has 0 radical (unpaired) electrons. The summed E-state index contributed by atoms with van der Waals surface area (Å²) in [6.07, 6.45) is -3.38. The summed E-state index contributed by atoms with van der Waals surface area (Å²) in [7, 11) is 0. The van der Waals surface area contributed by atoms with E-state index in [1.54, 1.807) is 18.2 Å². The van der Waals surface area contributed by atoms with Crippen LogP contribution in [0, 0.1) is 4.91 Å². The summed E-state index contributed by atoms with van der Waals surface area (Å²) in [6.45, 7) is -1.10. The number of hydrogen-bond donors (Lipinski definition) is 1. The Morgan fingerprint density at radius 3 is 2.73 bits per heavy atom. The van der Waals surface area contributed by atoms with Crippen LogP contribution in [0.5, 0.6) is 0 Å². The monoisotopic (exact) mass is 418 g/mol. The van der Waals surface area contributed by atoms with Crippen molar-refractivity contribution in [3.05, 3.63) is 70.6 Å². The summed E-state index contributed by atoms with van der Waals surface area (Å²) in [6, 6.07) is 8.80. The van der Waals surface area contributed by atoms with E-state index in [0.717, 1.165) is 6.07 Å². The third-order valence-corrected chi connectivity index (χ3v) is 4.68. The predicted octanol–water partition coefficient (Wildman–Crippen LogP) is 5.78. The third-order valence-electron chi connectivity index (χ3n) is 4.68. The number of benzene rings is 2. The normalized spacial score (nSPS) is 12.9. The van der Waals surface area contributed by atoms with Crippen molar-refractivity contribution in [1.82, 2.24) is 9.97 Å². The maximum absolute atomic E-state index is 13.4. The zero-order valence-electron chi connectivity index (χ0n) is 15.3. The highest BCUT2D eigenvalue weighted by atomic mass is 19.4. The molecule has 0 spiro atoms. The molecule has 1 unspecified atom stereocenters. The molecule has 4 rings (SSSR count). The molecule has 0 amide bonds. The van der Waals surface area contributed by atoms with E-state index < -0.39 is 30.0 Å². The smallest absolute Gasteiger partial charge is 0.418 e. The molecular weight excluding hydrogens is 404 g/mol. The largest absolute Gasteiger partial charge is 0.443 e. The van der Waals surface area contributed by atoms with Crippen molar-refractivity contribution in [1.29, 1.82) is 0 Å². The van der Waals surface area contributed by atoms with Crippen molar-refractivity contribution in [3.63, 3.8) is 0 Å². The van der Waals surface area contributed by atoms with Crippen molar-refractivity contribution >= 4 is 27.7 Å². The first-order valence-electron chi connectivity index (χ1n) is 8.86. The van der Waals surface area contributed by atoms with Crippen LogP contribution in [0.4, 0.5) is 23.2 Å². The summed E-state index contributed by atoms with van der Waals surface area (Å²) < 4.78 is 58.7. The molecule has 1 N–H and O–H groups in total. The van der Waals surface area contributed by atoms with Gasteiger partial charge in [0.2, 0.25) is 0 Å². The molecule has 1 atom stereocenters. The van der Waals surface area contributed by atoms with Gasteiger partial charge in [-0.05, 0) is 29.8 Å². The van der Waals surface area contributed by atoms with E-state index >= 15 is 0 Å². The minimum Gasteiger partial charge on any atom is -0.443 e. The van der Waals surface area contributed by atoms with Crippen LogP contribution in [-0.4, -0.2) is 16.5 Å². The Morgan fingerprint density at radius 1 is 1.17 bits per heavy atom. The first kappa shape index (κ1) is 19.7. The molecule has 2 heterocycles. The standard InChI is InChI=1S/C20H14F4N4O2/c21-8-12-6-14(13-2-1-3-15(19(13)27-12)20(22,23)24)17(28-29)9-25-11-4-5-16-18(7-11)30-10-26-16/h1-7,10,17,25H,8-9H2. The lowest BCUT2D eigenvalue weighted by Gasteiger charge is -2.17. The van der Waals surface area contributed by atoms with Gasteiger partial charge in [-0.1, -0.05) is 17.3 Å². The van der Waals surface area contributed by atoms with E-state index in [9.17, 15) is 22.5 Å². The van der Waals surface area contributed by atoms with Crippen LogP contribution in [0.2, 0.25) is 0 Å². The van der Waals surface area contributed by atoms with Crippen LogP contribution >= 0.6 is 0 Å². The minimum atomic E-state index is -4.67. The zero-order chi connectivity index (χ0) is 21.3. The van der Waals surface area contributed by atoms with Crippen LogP contribution in [0.3, 0.4) is 0 Å². The number of hydrogen-bond acceptors (Lipinski definition) is 6. The second-order valence-corrected chi connectivity index (χ2v) is 6.57. The molecule has 0 saturated heterocycles. The van der Waals surface area contributed by atoms with E-state index in [0.29, 0.717) is 16.8 Å². The lowest BCUT2D eigenvalue weighted by molar-refractivity contribution is -0.136. The summed E-state index contributed by atoms with van der Waals surface area (Å²) in [4.78, 5) is 19.4. The Bertz CT molecular complexity index is 1220. The molecule has 4 aromatic rings. The molecule has 2 aromatic carbocycles. The van der Waals surface area contributed by atoms with Crippen molar-refractivity contribution in [3.8, 4) is 0 Å². The number of rotatable bonds is 6. The Hall–Kier alpha value is -3.56. The molecule has 0 aliphatic rings. The van der Waals surface area contributed by atoms with E-state index in [1.807, 2.05) is 0 Å². The fourth-order valence-electron chi connectivity index (χ4n) is 3.29. The van der Waals surface area contributed by atoms with Crippen molar-refractivity contribution < 1.29 is 22.0 Å². The Kier molecular flexibility index (Phi) is 5.06. The summed E-state index contributed by atoms with van der Waals surface area (Å²) in [5.41, 5.74) is 0.343. The summed E-state index contributed by atoms with van der Waals surface area (Å²) in [5, 5.41) is 6.16. The molecule has 154 valence electrons. The summed E-state index contributed by atoms with van der Waals surface area (Å²) >= 11 is 0. The molecule has 2 aromatic heterocycles. The first-order chi connectivity index (χ1) is 14.4. The van der Waals surface area contributed by atoms with Gasteiger partial charge in [0.05, 0.1) is 16.8 Å². The predicted molar refractivity (Wildman–Crippen MR) is 103 cm³/mol. The van der Waals surface area contributed by atoms with Gasteiger partial charge in [-0.25, -0.2) is 14.4 Å². The lowest BCUT2D eigenvalue weighted by atomic mass is 9.98. The second kappa shape index (κ2) is 7.69. The van der Waals surface area contributed by atoms with Gasteiger partial charge in [0, 0.05) is 23.7 Å². The molecule has 6 nitrogen and oxygen atoms in total. The van der Waals surface area contributed by atoms with Gasteiger partial charge < -0.3 is 9.73 Å². The molecular formula is C20H14F4N4O2. The van der Waals surface area contributed by atoms with Gasteiger partial charge in [-0.3, -0.25) is 0 Å². The highest BCUT2D eigenvalue weighted by molar-refractivity contribution is 5.86. The average molecular weight is 418 g/mol.